The number of carbonyl (C=O) groups excluding carboxylic acids is 1. The van der Waals surface area contributed by atoms with Crippen molar-refractivity contribution in [2.24, 2.45) is 0 Å². The summed E-state index contributed by atoms with van der Waals surface area (Å²) < 4.78 is 10.9. The summed E-state index contributed by atoms with van der Waals surface area (Å²) in [6.45, 7) is 6.03. The molecule has 1 aliphatic heterocycles. The summed E-state index contributed by atoms with van der Waals surface area (Å²) in [5.41, 5.74) is 0.952. The normalized spacial score (nSPS) is 21.0. The number of hydrogen-bond acceptors (Lipinski definition) is 4. The number of carbonyl (C=O) groups is 1. The van der Waals surface area contributed by atoms with Crippen molar-refractivity contribution in [2.45, 2.75) is 52.1 Å². The van der Waals surface area contributed by atoms with Gasteiger partial charge in [-0.05, 0) is 57.7 Å². The number of hydrogen-bond donors (Lipinski definition) is 0. The molecule has 24 heavy (non-hydrogen) atoms. The minimum absolute atomic E-state index is 0.000455. The third-order valence-corrected chi connectivity index (χ3v) is 4.77. The fraction of sp³-hybridized carbons (Fsp3) is 0.474. The highest BCUT2D eigenvalue weighted by Gasteiger charge is 2.28. The molecular formula is C19H23NO4. The van der Waals surface area contributed by atoms with Gasteiger partial charge in [0.25, 0.3) is 5.91 Å². The highest BCUT2D eigenvalue weighted by Crippen LogP contribution is 2.24. The van der Waals surface area contributed by atoms with Crippen molar-refractivity contribution in [3.05, 3.63) is 40.2 Å². The van der Waals surface area contributed by atoms with Crippen molar-refractivity contribution in [3.8, 4) is 5.75 Å². The Labute approximate surface area is 141 Å². The molecule has 0 bridgehead atoms. The Morgan fingerprint density at radius 2 is 1.96 bits per heavy atom. The third kappa shape index (κ3) is 3.30. The smallest absolute Gasteiger partial charge is 0.336 e. The van der Waals surface area contributed by atoms with Gasteiger partial charge in [-0.2, -0.15) is 0 Å². The summed E-state index contributed by atoms with van der Waals surface area (Å²) >= 11 is 0. The molecule has 2 atom stereocenters. The molecule has 128 valence electrons. The van der Waals surface area contributed by atoms with Gasteiger partial charge in [-0.15, -0.1) is 0 Å². The van der Waals surface area contributed by atoms with E-state index in [0.717, 1.165) is 30.2 Å². The zero-order valence-electron chi connectivity index (χ0n) is 14.4. The zero-order chi connectivity index (χ0) is 17.3. The Morgan fingerprint density at radius 1 is 1.25 bits per heavy atom. The predicted octanol–water partition coefficient (Wildman–Crippen LogP) is 3.27. The van der Waals surface area contributed by atoms with Gasteiger partial charge >= 0.3 is 5.63 Å². The molecule has 1 saturated heterocycles. The molecule has 3 rings (SSSR count). The third-order valence-electron chi connectivity index (χ3n) is 4.77. The van der Waals surface area contributed by atoms with Crippen LogP contribution < -0.4 is 10.4 Å². The molecule has 0 aliphatic carbocycles. The summed E-state index contributed by atoms with van der Waals surface area (Å²) in [7, 11) is 0. The molecule has 2 aromatic rings. The van der Waals surface area contributed by atoms with Gasteiger partial charge in [0.2, 0.25) is 0 Å². The molecule has 5 heteroatoms. The molecule has 0 spiro atoms. The lowest BCUT2D eigenvalue weighted by molar-refractivity contribution is -0.139. The molecule has 2 heterocycles. The van der Waals surface area contributed by atoms with Crippen molar-refractivity contribution in [1.82, 2.24) is 4.90 Å². The second-order valence-electron chi connectivity index (χ2n) is 6.63. The summed E-state index contributed by atoms with van der Waals surface area (Å²) in [4.78, 5) is 25.9. The minimum Gasteiger partial charge on any atom is -0.484 e. The lowest BCUT2D eigenvalue weighted by Gasteiger charge is -2.38. The number of likely N-dealkylation sites (tertiary alicyclic amines) is 1. The first-order valence-corrected chi connectivity index (χ1v) is 8.44. The van der Waals surface area contributed by atoms with Crippen molar-refractivity contribution in [3.63, 3.8) is 0 Å². The Kier molecular flexibility index (Phi) is 4.60. The van der Waals surface area contributed by atoms with Crippen molar-refractivity contribution >= 4 is 16.9 Å². The SMILES string of the molecule is Cc1cc(=O)oc2cc(OCC(=O)N3[C@H](C)CCC[C@H]3C)ccc12. The molecule has 1 aliphatic rings. The number of fused-ring (bicyclic) bond motifs is 1. The van der Waals surface area contributed by atoms with Crippen LogP contribution >= 0.6 is 0 Å². The van der Waals surface area contributed by atoms with E-state index in [1.807, 2.05) is 17.9 Å². The van der Waals surface area contributed by atoms with E-state index in [4.69, 9.17) is 9.15 Å². The molecule has 0 N–H and O–H groups in total. The van der Waals surface area contributed by atoms with Crippen LogP contribution in [-0.4, -0.2) is 29.5 Å². The van der Waals surface area contributed by atoms with Gasteiger partial charge in [0, 0.05) is 29.6 Å². The van der Waals surface area contributed by atoms with Crippen LogP contribution in [0.1, 0.15) is 38.7 Å². The fourth-order valence-corrected chi connectivity index (χ4v) is 3.53. The molecule has 0 unspecified atom stereocenters. The minimum atomic E-state index is -0.385. The number of nitrogens with zero attached hydrogens (tertiary/aromatic N) is 1. The number of rotatable bonds is 3. The topological polar surface area (TPSA) is 59.8 Å². The number of aryl methyl sites for hydroxylation is 1. The second kappa shape index (κ2) is 6.67. The van der Waals surface area contributed by atoms with Crippen LogP contribution in [0.2, 0.25) is 0 Å². The van der Waals surface area contributed by atoms with Gasteiger partial charge in [-0.1, -0.05) is 0 Å². The molecular weight excluding hydrogens is 306 g/mol. The van der Waals surface area contributed by atoms with E-state index >= 15 is 0 Å². The molecule has 1 fully saturated rings. The fourth-order valence-electron chi connectivity index (χ4n) is 3.53. The van der Waals surface area contributed by atoms with Crippen LogP contribution in [-0.2, 0) is 4.79 Å². The molecule has 1 aromatic heterocycles. The first-order valence-electron chi connectivity index (χ1n) is 8.44. The Balaban J connectivity index is 1.73. The Morgan fingerprint density at radius 3 is 2.67 bits per heavy atom. The Hall–Kier alpha value is -2.30. The van der Waals surface area contributed by atoms with Gasteiger partial charge in [-0.3, -0.25) is 4.79 Å². The van der Waals surface area contributed by atoms with Crippen LogP contribution in [0.3, 0.4) is 0 Å². The van der Waals surface area contributed by atoms with Gasteiger partial charge in [0.15, 0.2) is 6.61 Å². The standard InChI is InChI=1S/C19H23NO4/c1-12-9-19(22)24-17-10-15(7-8-16(12)17)23-11-18(21)20-13(2)5-4-6-14(20)3/h7-10,13-14H,4-6,11H2,1-3H3/t13-,14-/m1/s1. The van der Waals surface area contributed by atoms with Crippen molar-refractivity contribution in [1.29, 1.82) is 0 Å². The van der Waals surface area contributed by atoms with E-state index in [0.29, 0.717) is 11.3 Å². The molecule has 0 saturated carbocycles. The van der Waals surface area contributed by atoms with Crippen molar-refractivity contribution in [2.75, 3.05) is 6.61 Å². The van der Waals surface area contributed by atoms with Gasteiger partial charge < -0.3 is 14.1 Å². The molecule has 0 radical (unpaired) electrons. The second-order valence-corrected chi connectivity index (χ2v) is 6.63. The number of piperidine rings is 1. The van der Waals surface area contributed by atoms with E-state index in [9.17, 15) is 9.59 Å². The summed E-state index contributed by atoms with van der Waals surface area (Å²) in [5, 5.41) is 0.867. The quantitative estimate of drug-likeness (QED) is 0.811. The van der Waals surface area contributed by atoms with Crippen LogP contribution in [0.5, 0.6) is 5.75 Å². The predicted molar refractivity (Wildman–Crippen MR) is 92.3 cm³/mol. The van der Waals surface area contributed by atoms with E-state index in [-0.39, 0.29) is 30.2 Å². The zero-order valence-corrected chi connectivity index (χ0v) is 14.4. The van der Waals surface area contributed by atoms with Gasteiger partial charge in [-0.25, -0.2) is 4.79 Å². The van der Waals surface area contributed by atoms with Crippen LogP contribution in [0.15, 0.2) is 33.5 Å². The van der Waals surface area contributed by atoms with Crippen LogP contribution in [0.25, 0.3) is 11.0 Å². The molecule has 1 amide bonds. The monoisotopic (exact) mass is 329 g/mol. The summed E-state index contributed by atoms with van der Waals surface area (Å²) in [6, 6.07) is 7.28. The number of amides is 1. The maximum atomic E-state index is 12.5. The Bertz CT molecular complexity index is 801. The first kappa shape index (κ1) is 16.6. The average molecular weight is 329 g/mol. The van der Waals surface area contributed by atoms with Crippen LogP contribution in [0, 0.1) is 6.92 Å². The maximum absolute atomic E-state index is 12.5. The van der Waals surface area contributed by atoms with Crippen LogP contribution in [0.4, 0.5) is 0 Å². The molecule has 5 nitrogen and oxygen atoms in total. The average Bonchev–Trinajstić information content (AvgIpc) is 2.52. The van der Waals surface area contributed by atoms with Gasteiger partial charge in [0.1, 0.15) is 11.3 Å². The highest BCUT2D eigenvalue weighted by atomic mass is 16.5. The van der Waals surface area contributed by atoms with E-state index in [2.05, 4.69) is 13.8 Å². The lowest BCUT2D eigenvalue weighted by Crippen LogP contribution is -2.49. The lowest BCUT2D eigenvalue weighted by atomic mass is 9.97. The van der Waals surface area contributed by atoms with E-state index < -0.39 is 0 Å². The summed E-state index contributed by atoms with van der Waals surface area (Å²) in [5.74, 6) is 0.530. The number of ether oxygens (including phenoxy) is 1. The highest BCUT2D eigenvalue weighted by molar-refractivity contribution is 5.82. The largest absolute Gasteiger partial charge is 0.484 e. The van der Waals surface area contributed by atoms with E-state index in [1.54, 1.807) is 12.1 Å². The molecule has 1 aromatic carbocycles. The number of benzene rings is 1. The van der Waals surface area contributed by atoms with Gasteiger partial charge in [0.05, 0.1) is 0 Å². The maximum Gasteiger partial charge on any atom is 0.336 e. The van der Waals surface area contributed by atoms with Crippen molar-refractivity contribution < 1.29 is 13.9 Å². The first-order chi connectivity index (χ1) is 11.5. The van der Waals surface area contributed by atoms with E-state index in [1.165, 1.54) is 6.07 Å². The summed E-state index contributed by atoms with van der Waals surface area (Å²) in [6.07, 6.45) is 3.24.